The van der Waals surface area contributed by atoms with Gasteiger partial charge in [0.1, 0.15) is 11.5 Å². The first-order valence-corrected chi connectivity index (χ1v) is 22.3. The Kier molecular flexibility index (Phi) is 9.48. The third kappa shape index (κ3) is 6.60. The van der Waals surface area contributed by atoms with Gasteiger partial charge in [-0.25, -0.2) is 0 Å². The van der Waals surface area contributed by atoms with Crippen molar-refractivity contribution in [1.82, 2.24) is 0 Å². The van der Waals surface area contributed by atoms with Crippen molar-refractivity contribution in [2.24, 2.45) is 0 Å². The highest BCUT2D eigenvalue weighted by Crippen LogP contribution is 2.49. The fourth-order valence-corrected chi connectivity index (χ4v) is 8.13. The van der Waals surface area contributed by atoms with Gasteiger partial charge in [0, 0.05) is 0 Å². The van der Waals surface area contributed by atoms with Crippen molar-refractivity contribution in [1.29, 1.82) is 0 Å². The predicted molar refractivity (Wildman–Crippen MR) is 199 cm³/mol. The summed E-state index contributed by atoms with van der Waals surface area (Å²) in [5.74, 6) is 2.07. The number of benzene rings is 4. The lowest BCUT2D eigenvalue weighted by atomic mass is 9.64. The molecule has 45 heavy (non-hydrogen) atoms. The molecule has 0 N–H and O–H groups in total. The summed E-state index contributed by atoms with van der Waals surface area (Å²) in [5.41, 5.74) is 9.14. The van der Waals surface area contributed by atoms with Crippen LogP contribution in [0, 0.1) is 27.7 Å². The normalized spacial score (nSPS) is 13.1. The third-order valence-electron chi connectivity index (χ3n) is 10.5. The molecule has 0 aromatic heterocycles. The van der Waals surface area contributed by atoms with Crippen LogP contribution in [-0.2, 0) is 5.41 Å². The molecule has 4 aromatic carbocycles. The minimum Gasteiger partial charge on any atom is -0.543 e. The standard InChI is InChI=1S/C41H56O2Si2/c1-29-25-35(26-30(2)37(29)42-44(11,12)39(5,6)7)41(33-21-17-15-18-22-33,34-23-19-16-20-24-34)36-27-31(3)38(32(4)28-36)43-45(13,14)40(8,9)10/h15-28H,1-14H3. The molecule has 240 valence electrons. The van der Waals surface area contributed by atoms with Crippen LogP contribution in [0.25, 0.3) is 0 Å². The van der Waals surface area contributed by atoms with Crippen molar-refractivity contribution in [3.05, 3.63) is 129 Å². The minimum atomic E-state index is -2.03. The molecule has 0 unspecified atom stereocenters. The zero-order valence-electron chi connectivity index (χ0n) is 30.4. The van der Waals surface area contributed by atoms with Crippen molar-refractivity contribution in [3.8, 4) is 11.5 Å². The van der Waals surface area contributed by atoms with Crippen molar-refractivity contribution in [3.63, 3.8) is 0 Å². The van der Waals surface area contributed by atoms with Crippen LogP contribution in [0.1, 0.15) is 86.1 Å². The predicted octanol–water partition coefficient (Wildman–Crippen LogP) is 12.1. The Labute approximate surface area is 276 Å². The molecule has 0 radical (unpaired) electrons. The Morgan fingerprint density at radius 1 is 0.422 bits per heavy atom. The highest BCUT2D eigenvalue weighted by atomic mass is 28.4. The average molecular weight is 637 g/mol. The fraction of sp³-hybridized carbons (Fsp3) is 0.415. The molecular weight excluding hydrogens is 581 g/mol. The smallest absolute Gasteiger partial charge is 0.250 e. The van der Waals surface area contributed by atoms with Gasteiger partial charge in [-0.3, -0.25) is 0 Å². The second-order valence-electron chi connectivity index (χ2n) is 16.1. The van der Waals surface area contributed by atoms with Gasteiger partial charge in [-0.1, -0.05) is 126 Å². The van der Waals surface area contributed by atoms with Crippen molar-refractivity contribution in [2.75, 3.05) is 0 Å². The van der Waals surface area contributed by atoms with E-state index in [0.29, 0.717) is 0 Å². The van der Waals surface area contributed by atoms with E-state index in [0.717, 1.165) is 11.5 Å². The Morgan fingerprint density at radius 3 is 0.933 bits per heavy atom. The van der Waals surface area contributed by atoms with Crippen LogP contribution >= 0.6 is 0 Å². The molecule has 0 aliphatic rings. The lowest BCUT2D eigenvalue weighted by Crippen LogP contribution is -2.44. The van der Waals surface area contributed by atoms with Crippen LogP contribution in [0.4, 0.5) is 0 Å². The Hall–Kier alpha value is -3.09. The zero-order valence-corrected chi connectivity index (χ0v) is 32.4. The van der Waals surface area contributed by atoms with E-state index in [9.17, 15) is 0 Å². The van der Waals surface area contributed by atoms with E-state index in [1.165, 1.54) is 44.5 Å². The number of hydrogen-bond donors (Lipinski definition) is 0. The second-order valence-corrected chi connectivity index (χ2v) is 25.5. The molecule has 0 aliphatic heterocycles. The van der Waals surface area contributed by atoms with E-state index in [-0.39, 0.29) is 10.1 Å². The zero-order chi connectivity index (χ0) is 33.6. The number of rotatable bonds is 8. The van der Waals surface area contributed by atoms with Crippen molar-refractivity contribution < 1.29 is 8.85 Å². The molecule has 0 heterocycles. The lowest BCUT2D eigenvalue weighted by molar-refractivity contribution is 0.485. The van der Waals surface area contributed by atoms with Gasteiger partial charge in [0.05, 0.1) is 5.41 Å². The molecule has 0 aliphatic carbocycles. The summed E-state index contributed by atoms with van der Waals surface area (Å²) in [6.45, 7) is 32.0. The summed E-state index contributed by atoms with van der Waals surface area (Å²) in [6, 6.07) is 31.5. The first-order chi connectivity index (χ1) is 20.7. The van der Waals surface area contributed by atoms with Crippen LogP contribution in [0.15, 0.2) is 84.9 Å². The van der Waals surface area contributed by atoms with E-state index in [1.54, 1.807) is 0 Å². The van der Waals surface area contributed by atoms with E-state index in [1.807, 2.05) is 0 Å². The van der Waals surface area contributed by atoms with Gasteiger partial charge in [0.15, 0.2) is 0 Å². The minimum absolute atomic E-state index is 0.117. The van der Waals surface area contributed by atoms with Gasteiger partial charge >= 0.3 is 0 Å². The molecule has 0 atom stereocenters. The monoisotopic (exact) mass is 636 g/mol. The first-order valence-electron chi connectivity index (χ1n) is 16.4. The van der Waals surface area contributed by atoms with Gasteiger partial charge in [0.25, 0.3) is 16.6 Å². The first kappa shape index (κ1) is 34.8. The van der Waals surface area contributed by atoms with Gasteiger partial charge < -0.3 is 8.85 Å². The maximum atomic E-state index is 6.97. The quantitative estimate of drug-likeness (QED) is 0.141. The molecule has 2 nitrogen and oxygen atoms in total. The third-order valence-corrected chi connectivity index (χ3v) is 19.2. The van der Waals surface area contributed by atoms with Crippen molar-refractivity contribution in [2.45, 2.75) is 111 Å². The largest absolute Gasteiger partial charge is 0.543 e. The molecule has 4 rings (SSSR count). The van der Waals surface area contributed by atoms with E-state index in [4.69, 9.17) is 8.85 Å². The van der Waals surface area contributed by atoms with Gasteiger partial charge in [-0.05, 0) is 108 Å². The molecular formula is C41H56O2Si2. The van der Waals surface area contributed by atoms with E-state index in [2.05, 4.69) is 180 Å². The maximum absolute atomic E-state index is 6.97. The van der Waals surface area contributed by atoms with Gasteiger partial charge in [-0.15, -0.1) is 0 Å². The summed E-state index contributed by atoms with van der Waals surface area (Å²) < 4.78 is 13.9. The number of aryl methyl sites for hydroxylation is 4. The Morgan fingerprint density at radius 2 is 0.689 bits per heavy atom. The molecule has 0 fully saturated rings. The van der Waals surface area contributed by atoms with E-state index < -0.39 is 22.0 Å². The molecule has 0 amide bonds. The Bertz CT molecular complexity index is 1470. The van der Waals surface area contributed by atoms with Gasteiger partial charge in [0.2, 0.25) is 0 Å². The summed E-state index contributed by atoms with van der Waals surface area (Å²) in [6.07, 6.45) is 0. The van der Waals surface area contributed by atoms with Crippen LogP contribution in [0.5, 0.6) is 11.5 Å². The molecule has 0 saturated carbocycles. The lowest BCUT2D eigenvalue weighted by Gasteiger charge is -2.40. The van der Waals surface area contributed by atoms with Gasteiger partial charge in [-0.2, -0.15) is 0 Å². The SMILES string of the molecule is Cc1cc(C(c2ccccc2)(c2ccccc2)c2cc(C)c(O[Si](C)(C)C(C)(C)C)c(C)c2)cc(C)c1O[Si](C)(C)C(C)(C)C. The Balaban J connectivity index is 2.05. The second kappa shape index (κ2) is 12.3. The fourth-order valence-electron chi connectivity index (χ4n) is 5.85. The molecule has 0 bridgehead atoms. The average Bonchev–Trinajstić information content (AvgIpc) is 2.93. The highest BCUT2D eigenvalue weighted by molar-refractivity contribution is 6.75. The van der Waals surface area contributed by atoms with Crippen LogP contribution < -0.4 is 8.85 Å². The summed E-state index contributed by atoms with van der Waals surface area (Å²) in [4.78, 5) is 0. The molecule has 0 saturated heterocycles. The summed E-state index contributed by atoms with van der Waals surface area (Å²) >= 11 is 0. The van der Waals surface area contributed by atoms with Crippen LogP contribution in [0.2, 0.25) is 36.3 Å². The molecule has 0 spiro atoms. The van der Waals surface area contributed by atoms with Crippen LogP contribution in [-0.4, -0.2) is 16.6 Å². The molecule has 4 heteroatoms. The summed E-state index contributed by atoms with van der Waals surface area (Å²) in [7, 11) is -4.06. The maximum Gasteiger partial charge on any atom is 0.250 e. The summed E-state index contributed by atoms with van der Waals surface area (Å²) in [5, 5.41) is 0.233. The number of hydrogen-bond acceptors (Lipinski definition) is 2. The highest BCUT2D eigenvalue weighted by Gasteiger charge is 2.43. The van der Waals surface area contributed by atoms with Crippen LogP contribution in [0.3, 0.4) is 0 Å². The topological polar surface area (TPSA) is 18.5 Å². The van der Waals surface area contributed by atoms with Crippen molar-refractivity contribution >= 4 is 16.6 Å². The van der Waals surface area contributed by atoms with E-state index >= 15 is 0 Å². The molecule has 4 aromatic rings.